The van der Waals surface area contributed by atoms with Crippen LogP contribution in [0.1, 0.15) is 84.5 Å². The van der Waals surface area contributed by atoms with Gasteiger partial charge in [-0.15, -0.1) is 0 Å². The Morgan fingerprint density at radius 1 is 1.26 bits per heavy atom. The number of hydrogen-bond acceptors (Lipinski definition) is 4. The van der Waals surface area contributed by atoms with Gasteiger partial charge in [0.15, 0.2) is 0 Å². The van der Waals surface area contributed by atoms with E-state index in [1.807, 2.05) is 0 Å². The van der Waals surface area contributed by atoms with Crippen molar-refractivity contribution in [2.45, 2.75) is 96.7 Å². The Balaban J connectivity index is 1.72. The first-order chi connectivity index (χ1) is 12.9. The quantitative estimate of drug-likeness (QED) is 0.311. The van der Waals surface area contributed by atoms with Crippen molar-refractivity contribution in [3.63, 3.8) is 0 Å². The van der Waals surface area contributed by atoms with Crippen molar-refractivity contribution in [1.29, 1.82) is 0 Å². The molecule has 0 aliphatic heterocycles. The fourth-order valence-corrected chi connectivity index (χ4v) is 5.07. The average Bonchev–Trinajstić information content (AvgIpc) is 2.88. The van der Waals surface area contributed by atoms with Crippen LogP contribution in [0.25, 0.3) is 0 Å². The van der Waals surface area contributed by atoms with Gasteiger partial charge in [0.1, 0.15) is 0 Å². The number of hydrogen-bond donors (Lipinski definition) is 2. The molecule has 0 saturated heterocycles. The zero-order valence-electron chi connectivity index (χ0n) is 17.5. The third-order valence-electron chi connectivity index (χ3n) is 7.26. The minimum absolute atomic E-state index is 0.151. The van der Waals surface area contributed by atoms with Crippen LogP contribution < -0.4 is 0 Å². The molecule has 2 rings (SSSR count). The molecule has 0 bridgehead atoms. The van der Waals surface area contributed by atoms with Crippen LogP contribution in [-0.2, 0) is 9.53 Å². The second-order valence-electron chi connectivity index (χ2n) is 9.24. The minimum atomic E-state index is -0.209. The van der Waals surface area contributed by atoms with Crippen LogP contribution in [0.3, 0.4) is 0 Å². The van der Waals surface area contributed by atoms with E-state index in [-0.39, 0.29) is 23.6 Å². The van der Waals surface area contributed by atoms with Crippen LogP contribution in [0.15, 0.2) is 12.2 Å². The number of allylic oxidation sites excluding steroid dienone is 2. The van der Waals surface area contributed by atoms with Gasteiger partial charge in [-0.3, -0.25) is 4.79 Å². The van der Waals surface area contributed by atoms with E-state index in [1.54, 1.807) is 0 Å². The summed E-state index contributed by atoms with van der Waals surface area (Å²) in [6.07, 6.45) is 14.5. The van der Waals surface area contributed by atoms with Crippen molar-refractivity contribution in [3.8, 4) is 0 Å². The van der Waals surface area contributed by atoms with E-state index in [0.717, 1.165) is 57.8 Å². The third kappa shape index (κ3) is 6.32. The summed E-state index contributed by atoms with van der Waals surface area (Å²) < 4.78 is 4.65. The van der Waals surface area contributed by atoms with E-state index in [0.29, 0.717) is 24.2 Å². The first-order valence-corrected chi connectivity index (χ1v) is 11.0. The highest BCUT2D eigenvalue weighted by molar-refractivity contribution is 5.69. The van der Waals surface area contributed by atoms with Crippen molar-refractivity contribution in [2.75, 3.05) is 7.11 Å². The smallest absolute Gasteiger partial charge is 0.305 e. The van der Waals surface area contributed by atoms with Gasteiger partial charge in [0.25, 0.3) is 0 Å². The molecule has 2 N–H and O–H groups in total. The van der Waals surface area contributed by atoms with Crippen molar-refractivity contribution in [2.24, 2.45) is 23.2 Å². The number of aliphatic hydroxyl groups is 2. The molecule has 4 nitrogen and oxygen atoms in total. The van der Waals surface area contributed by atoms with E-state index in [1.165, 1.54) is 13.5 Å². The Morgan fingerprint density at radius 2 is 2.00 bits per heavy atom. The molecular formula is C23H40O4. The van der Waals surface area contributed by atoms with Crippen LogP contribution in [0, 0.1) is 23.2 Å². The third-order valence-corrected chi connectivity index (χ3v) is 7.26. The Kier molecular flexibility index (Phi) is 8.81. The molecular weight excluding hydrogens is 340 g/mol. The maximum atomic E-state index is 11.1. The number of ether oxygens (including phenoxy) is 1. The monoisotopic (exact) mass is 380 g/mol. The van der Waals surface area contributed by atoms with Gasteiger partial charge in [-0.05, 0) is 74.5 Å². The van der Waals surface area contributed by atoms with Gasteiger partial charge in [0, 0.05) is 6.42 Å². The lowest BCUT2D eigenvalue weighted by molar-refractivity contribution is -0.140. The Bertz CT molecular complexity index is 483. The summed E-state index contributed by atoms with van der Waals surface area (Å²) in [4.78, 5) is 11.1. The molecule has 4 heteroatoms. The van der Waals surface area contributed by atoms with Gasteiger partial charge >= 0.3 is 5.97 Å². The Hall–Kier alpha value is -0.870. The van der Waals surface area contributed by atoms with E-state index in [2.05, 4.69) is 30.7 Å². The summed E-state index contributed by atoms with van der Waals surface area (Å²) >= 11 is 0. The standard InChI is InChI=1S/C23H40O4/c1-17-16-20(24)19(10-6-4-5-7-13-22(26)27-3)18(17)11-8-12-21(25)23(2)14-9-15-23/h4,6,17-21,24-25H,5,7-16H2,1-3H3/b6-4-/t17-,18+,19-,20?,21?/m1/s1. The topological polar surface area (TPSA) is 66.8 Å². The maximum Gasteiger partial charge on any atom is 0.305 e. The molecule has 2 saturated carbocycles. The molecule has 156 valence electrons. The van der Waals surface area contributed by atoms with Gasteiger partial charge in [0.05, 0.1) is 19.3 Å². The molecule has 2 fully saturated rings. The average molecular weight is 381 g/mol. The Labute approximate surface area is 165 Å². The highest BCUT2D eigenvalue weighted by Gasteiger charge is 2.40. The van der Waals surface area contributed by atoms with Crippen molar-refractivity contribution >= 4 is 5.97 Å². The zero-order chi connectivity index (χ0) is 19.9. The normalized spacial score (nSPS) is 31.0. The summed E-state index contributed by atoms with van der Waals surface area (Å²) in [5.74, 6) is 1.27. The molecule has 0 aromatic rings. The highest BCUT2D eigenvalue weighted by atomic mass is 16.5. The summed E-state index contributed by atoms with van der Waals surface area (Å²) in [6.45, 7) is 4.48. The molecule has 0 amide bonds. The summed E-state index contributed by atoms with van der Waals surface area (Å²) in [7, 11) is 1.42. The molecule has 0 spiro atoms. The molecule has 0 radical (unpaired) electrons. The van der Waals surface area contributed by atoms with Gasteiger partial charge in [0.2, 0.25) is 0 Å². The Morgan fingerprint density at radius 3 is 2.63 bits per heavy atom. The van der Waals surface area contributed by atoms with Crippen LogP contribution in [0.5, 0.6) is 0 Å². The lowest BCUT2D eigenvalue weighted by Crippen LogP contribution is -2.38. The lowest BCUT2D eigenvalue weighted by Gasteiger charge is -2.42. The lowest BCUT2D eigenvalue weighted by atomic mass is 9.65. The van der Waals surface area contributed by atoms with Gasteiger partial charge in [-0.2, -0.15) is 0 Å². The number of carbonyl (C=O) groups excluding carboxylic acids is 1. The van der Waals surface area contributed by atoms with Crippen LogP contribution in [-0.4, -0.2) is 35.5 Å². The van der Waals surface area contributed by atoms with Crippen molar-refractivity contribution in [1.82, 2.24) is 0 Å². The number of methoxy groups -OCH3 is 1. The van der Waals surface area contributed by atoms with Gasteiger partial charge < -0.3 is 14.9 Å². The van der Waals surface area contributed by atoms with Crippen LogP contribution >= 0.6 is 0 Å². The molecule has 5 atom stereocenters. The van der Waals surface area contributed by atoms with Crippen LogP contribution in [0.2, 0.25) is 0 Å². The predicted molar refractivity (Wildman–Crippen MR) is 108 cm³/mol. The second-order valence-corrected chi connectivity index (χ2v) is 9.24. The number of esters is 1. The van der Waals surface area contributed by atoms with Crippen molar-refractivity contribution in [3.05, 3.63) is 12.2 Å². The van der Waals surface area contributed by atoms with E-state index in [9.17, 15) is 15.0 Å². The summed E-state index contributed by atoms with van der Waals surface area (Å²) in [6, 6.07) is 0. The number of carbonyl (C=O) groups is 1. The molecule has 2 aliphatic carbocycles. The molecule has 27 heavy (non-hydrogen) atoms. The fraction of sp³-hybridized carbons (Fsp3) is 0.870. The maximum absolute atomic E-state index is 11.1. The van der Waals surface area contributed by atoms with Gasteiger partial charge in [-0.1, -0.05) is 38.8 Å². The van der Waals surface area contributed by atoms with E-state index >= 15 is 0 Å². The molecule has 0 aromatic carbocycles. The van der Waals surface area contributed by atoms with E-state index < -0.39 is 0 Å². The van der Waals surface area contributed by atoms with E-state index in [4.69, 9.17) is 0 Å². The predicted octanol–water partition coefficient (Wildman–Crippen LogP) is 4.63. The summed E-state index contributed by atoms with van der Waals surface area (Å²) in [5.41, 5.74) is 0.160. The first kappa shape index (κ1) is 22.4. The fourth-order valence-electron chi connectivity index (χ4n) is 5.07. The minimum Gasteiger partial charge on any atom is -0.469 e. The van der Waals surface area contributed by atoms with Crippen LogP contribution in [0.4, 0.5) is 0 Å². The highest BCUT2D eigenvalue weighted by Crippen LogP contribution is 2.46. The zero-order valence-corrected chi connectivity index (χ0v) is 17.5. The van der Waals surface area contributed by atoms with Crippen molar-refractivity contribution < 1.29 is 19.7 Å². The second kappa shape index (κ2) is 10.6. The number of rotatable bonds is 11. The SMILES string of the molecule is COC(=O)CCC/C=C\C[C@H]1C(O)C[C@@H](C)[C@@H]1CCCC(O)C1(C)CCC1. The number of aliphatic hydroxyl groups excluding tert-OH is 2. The molecule has 0 heterocycles. The largest absolute Gasteiger partial charge is 0.469 e. The first-order valence-electron chi connectivity index (χ1n) is 11.0. The molecule has 2 unspecified atom stereocenters. The molecule has 0 aromatic heterocycles. The summed E-state index contributed by atoms with van der Waals surface area (Å²) in [5, 5.41) is 21.0. The van der Waals surface area contributed by atoms with Gasteiger partial charge in [-0.25, -0.2) is 0 Å². The number of unbranched alkanes of at least 4 members (excludes halogenated alkanes) is 1. The molecule has 2 aliphatic rings.